The molecule has 1 amide bonds. The Bertz CT molecular complexity index is 146. The molecule has 0 saturated heterocycles. The molecule has 0 spiro atoms. The van der Waals surface area contributed by atoms with E-state index in [4.69, 9.17) is 5.73 Å². The van der Waals surface area contributed by atoms with E-state index < -0.39 is 0 Å². The lowest BCUT2D eigenvalue weighted by molar-refractivity contribution is -0.110. The normalized spacial score (nSPS) is 10.9. The Morgan fingerprint density at radius 1 is 1.58 bits per heavy atom. The zero-order chi connectivity index (χ0) is 9.23. The van der Waals surface area contributed by atoms with E-state index in [1.807, 2.05) is 0 Å². The number of hydrogen-bond acceptors (Lipinski definition) is 2. The minimum Gasteiger partial charge on any atom is -0.369 e. The summed E-state index contributed by atoms with van der Waals surface area (Å²) in [6, 6.07) is 0. The molecule has 12 heavy (non-hydrogen) atoms. The van der Waals surface area contributed by atoms with Crippen LogP contribution in [0, 0.1) is 0 Å². The van der Waals surface area contributed by atoms with E-state index in [1.54, 1.807) is 0 Å². The Labute approximate surface area is 72.4 Å². The van der Waals surface area contributed by atoms with Crippen molar-refractivity contribution in [3.05, 3.63) is 0 Å². The summed E-state index contributed by atoms with van der Waals surface area (Å²) in [6.45, 7) is 2.83. The van der Waals surface area contributed by atoms with Crippen LogP contribution in [0.1, 0.15) is 26.2 Å². The Balaban J connectivity index is 3.34. The number of nitrogens with zero attached hydrogens (tertiary/aromatic N) is 1. The monoisotopic (exact) mass is 172 g/mol. The summed E-state index contributed by atoms with van der Waals surface area (Å²) >= 11 is 0. The van der Waals surface area contributed by atoms with Gasteiger partial charge in [-0.2, -0.15) is 0 Å². The lowest BCUT2D eigenvalue weighted by Gasteiger charge is -2.01. The molecule has 0 fully saturated rings. The number of guanidine groups is 1. The van der Waals surface area contributed by atoms with Gasteiger partial charge in [-0.15, -0.1) is 0 Å². The summed E-state index contributed by atoms with van der Waals surface area (Å²) in [5.74, 6) is 0.248. The van der Waals surface area contributed by atoms with Gasteiger partial charge in [-0.05, 0) is 6.42 Å². The van der Waals surface area contributed by atoms with Crippen LogP contribution >= 0.6 is 0 Å². The fraction of sp³-hybridized carbons (Fsp3) is 0.714. The largest absolute Gasteiger partial charge is 0.369 e. The number of hydrazine groups is 1. The third-order valence-corrected chi connectivity index (χ3v) is 1.30. The fourth-order valence-electron chi connectivity index (χ4n) is 0.704. The van der Waals surface area contributed by atoms with Crippen LogP contribution in [0.25, 0.3) is 0 Å². The van der Waals surface area contributed by atoms with E-state index in [9.17, 15) is 4.79 Å². The van der Waals surface area contributed by atoms with Crippen molar-refractivity contribution in [3.8, 4) is 0 Å². The number of amides is 1. The molecule has 0 bridgehead atoms. The van der Waals surface area contributed by atoms with Crippen LogP contribution in [0.2, 0.25) is 0 Å². The number of hydrogen-bond donors (Lipinski definition) is 3. The molecule has 0 aliphatic rings. The molecule has 70 valence electrons. The number of nitrogens with one attached hydrogen (secondary N) is 2. The first-order chi connectivity index (χ1) is 5.81. The van der Waals surface area contributed by atoms with E-state index in [0.29, 0.717) is 13.0 Å². The molecule has 0 radical (unpaired) electrons. The number of carbonyl (C=O) groups is 1. The predicted molar refractivity (Wildman–Crippen MR) is 48.3 cm³/mol. The molecule has 0 saturated carbocycles. The minimum absolute atomic E-state index is 0.248. The van der Waals surface area contributed by atoms with Crippen molar-refractivity contribution in [3.63, 3.8) is 0 Å². The second kappa shape index (κ2) is 7.84. The van der Waals surface area contributed by atoms with Crippen LogP contribution in [0.3, 0.4) is 0 Å². The molecular weight excluding hydrogens is 156 g/mol. The predicted octanol–water partition coefficient (Wildman–Crippen LogP) is -0.258. The molecule has 0 aromatic rings. The van der Waals surface area contributed by atoms with Gasteiger partial charge in [0.1, 0.15) is 0 Å². The number of rotatable bonds is 6. The summed E-state index contributed by atoms with van der Waals surface area (Å²) in [7, 11) is 0. The summed E-state index contributed by atoms with van der Waals surface area (Å²) in [5.41, 5.74) is 9.98. The van der Waals surface area contributed by atoms with Crippen LogP contribution in [-0.2, 0) is 4.79 Å². The van der Waals surface area contributed by atoms with E-state index in [-0.39, 0.29) is 5.96 Å². The highest BCUT2D eigenvalue weighted by atomic mass is 16.1. The van der Waals surface area contributed by atoms with Gasteiger partial charge in [0.15, 0.2) is 0 Å². The van der Waals surface area contributed by atoms with Crippen LogP contribution in [0.4, 0.5) is 0 Å². The lowest BCUT2D eigenvalue weighted by Crippen LogP contribution is -2.41. The van der Waals surface area contributed by atoms with Crippen molar-refractivity contribution in [1.82, 2.24) is 10.9 Å². The van der Waals surface area contributed by atoms with Gasteiger partial charge in [0.25, 0.3) is 0 Å². The Morgan fingerprint density at radius 2 is 2.33 bits per heavy atom. The van der Waals surface area contributed by atoms with Crippen LogP contribution in [0.5, 0.6) is 0 Å². The first kappa shape index (κ1) is 10.7. The minimum atomic E-state index is 0.248. The molecule has 5 nitrogen and oxygen atoms in total. The molecule has 0 aliphatic heterocycles. The summed E-state index contributed by atoms with van der Waals surface area (Å²) < 4.78 is 0. The van der Waals surface area contributed by atoms with Gasteiger partial charge in [0.05, 0.1) is 0 Å². The molecule has 5 heteroatoms. The first-order valence-corrected chi connectivity index (χ1v) is 4.06. The highest BCUT2D eigenvalue weighted by Gasteiger charge is 1.87. The van der Waals surface area contributed by atoms with Crippen molar-refractivity contribution in [2.75, 3.05) is 6.54 Å². The third kappa shape index (κ3) is 6.85. The van der Waals surface area contributed by atoms with Crippen LogP contribution in [0.15, 0.2) is 4.99 Å². The van der Waals surface area contributed by atoms with Crippen molar-refractivity contribution in [2.24, 2.45) is 10.7 Å². The maximum absolute atomic E-state index is 9.80. The van der Waals surface area contributed by atoms with E-state index in [0.717, 1.165) is 19.3 Å². The van der Waals surface area contributed by atoms with Crippen molar-refractivity contribution < 1.29 is 4.79 Å². The molecule has 0 rings (SSSR count). The highest BCUT2D eigenvalue weighted by molar-refractivity contribution is 5.78. The van der Waals surface area contributed by atoms with Crippen molar-refractivity contribution >= 4 is 12.4 Å². The van der Waals surface area contributed by atoms with Gasteiger partial charge in [-0.1, -0.05) is 19.8 Å². The molecule has 0 aromatic carbocycles. The second-order valence-electron chi connectivity index (χ2n) is 2.36. The van der Waals surface area contributed by atoms with Crippen molar-refractivity contribution in [1.29, 1.82) is 0 Å². The first-order valence-electron chi connectivity index (χ1n) is 4.06. The molecule has 4 N–H and O–H groups in total. The second-order valence-corrected chi connectivity index (χ2v) is 2.36. The third-order valence-electron chi connectivity index (χ3n) is 1.30. The molecular formula is C7H16N4O. The van der Waals surface area contributed by atoms with Gasteiger partial charge in [0.2, 0.25) is 12.4 Å². The van der Waals surface area contributed by atoms with Gasteiger partial charge in [0, 0.05) is 6.54 Å². The quantitative estimate of drug-likeness (QED) is 0.170. The van der Waals surface area contributed by atoms with Gasteiger partial charge < -0.3 is 5.73 Å². The Hall–Kier alpha value is -1.26. The Kier molecular flexibility index (Phi) is 7.02. The summed E-state index contributed by atoms with van der Waals surface area (Å²) in [4.78, 5) is 13.8. The summed E-state index contributed by atoms with van der Waals surface area (Å²) in [5, 5.41) is 0. The topological polar surface area (TPSA) is 79.5 Å². The molecule has 0 heterocycles. The average Bonchev–Trinajstić information content (AvgIpc) is 2.09. The van der Waals surface area contributed by atoms with E-state index in [2.05, 4.69) is 22.8 Å². The van der Waals surface area contributed by atoms with E-state index in [1.165, 1.54) is 0 Å². The van der Waals surface area contributed by atoms with Gasteiger partial charge >= 0.3 is 0 Å². The fourth-order valence-corrected chi connectivity index (χ4v) is 0.704. The molecule has 0 aliphatic carbocycles. The van der Waals surface area contributed by atoms with Gasteiger partial charge in [-0.25, -0.2) is 0 Å². The van der Waals surface area contributed by atoms with E-state index >= 15 is 0 Å². The zero-order valence-corrected chi connectivity index (χ0v) is 7.34. The van der Waals surface area contributed by atoms with Crippen LogP contribution < -0.4 is 16.6 Å². The number of aliphatic imine (C=N–C) groups is 1. The standard InChI is InChI=1S/C7H16N4O/c1-2-3-4-5-9-7(8)11-10-6-12/h6H,2-5H2,1H3,(H,10,12)(H3,8,9,11). The van der Waals surface area contributed by atoms with Crippen molar-refractivity contribution in [2.45, 2.75) is 26.2 Å². The smallest absolute Gasteiger partial charge is 0.225 e. The average molecular weight is 172 g/mol. The zero-order valence-electron chi connectivity index (χ0n) is 7.34. The Morgan fingerprint density at radius 3 is 2.92 bits per heavy atom. The van der Waals surface area contributed by atoms with Gasteiger partial charge in [-0.3, -0.25) is 20.6 Å². The number of unbranched alkanes of at least 4 members (excludes halogenated alkanes) is 2. The van der Waals surface area contributed by atoms with Crippen LogP contribution in [-0.4, -0.2) is 18.9 Å². The maximum atomic E-state index is 9.80. The summed E-state index contributed by atoms with van der Waals surface area (Å²) in [6.07, 6.45) is 3.85. The number of nitrogens with two attached hydrogens (primary N) is 1. The highest BCUT2D eigenvalue weighted by Crippen LogP contribution is 1.92. The number of carbonyl (C=O) groups excluding carboxylic acids is 1. The maximum Gasteiger partial charge on any atom is 0.225 e. The molecule has 0 unspecified atom stereocenters. The molecule has 0 atom stereocenters. The molecule has 0 aromatic heterocycles. The lowest BCUT2D eigenvalue weighted by atomic mass is 10.2. The SMILES string of the molecule is CCCCCN=C(N)NNC=O.